The highest BCUT2D eigenvalue weighted by Crippen LogP contribution is 2.44. The van der Waals surface area contributed by atoms with E-state index in [-0.39, 0.29) is 17.6 Å². The van der Waals surface area contributed by atoms with Gasteiger partial charge in [0.25, 0.3) is 5.91 Å². The molecule has 0 bridgehead atoms. The van der Waals surface area contributed by atoms with Gasteiger partial charge in [0.15, 0.2) is 5.76 Å². The summed E-state index contributed by atoms with van der Waals surface area (Å²) in [6.45, 7) is 0. The third-order valence-corrected chi connectivity index (χ3v) is 5.09. The minimum Gasteiger partial charge on any atom is -0.459 e. The number of hydrogen-bond donors (Lipinski definition) is 2. The lowest BCUT2D eigenvalue weighted by Gasteiger charge is -2.40. The normalized spacial score (nSPS) is 14.8. The lowest BCUT2D eigenvalue weighted by atomic mass is 9.64. The molecule has 2 N–H and O–H groups in total. The Morgan fingerprint density at radius 1 is 0.852 bits per heavy atom. The zero-order valence-corrected chi connectivity index (χ0v) is 14.8. The molecular weight excluding hydrogens is 340 g/mol. The summed E-state index contributed by atoms with van der Waals surface area (Å²) >= 11 is 0. The minimum absolute atomic E-state index is 0.00513. The molecule has 136 valence electrons. The second-order valence-corrected chi connectivity index (χ2v) is 6.77. The van der Waals surface area contributed by atoms with E-state index < -0.39 is 5.41 Å². The number of rotatable bonds is 5. The van der Waals surface area contributed by atoms with Gasteiger partial charge >= 0.3 is 0 Å². The first kappa shape index (κ1) is 17.1. The quantitative estimate of drug-likeness (QED) is 0.699. The number of carbonyl (C=O) groups excluding carboxylic acids is 2. The fourth-order valence-corrected chi connectivity index (χ4v) is 3.46. The van der Waals surface area contributed by atoms with E-state index in [1.807, 2.05) is 36.4 Å². The second kappa shape index (κ2) is 7.11. The highest BCUT2D eigenvalue weighted by atomic mass is 16.3. The number of benzene rings is 2. The minimum atomic E-state index is -0.464. The van der Waals surface area contributed by atoms with Crippen molar-refractivity contribution in [2.75, 3.05) is 10.6 Å². The van der Waals surface area contributed by atoms with Crippen molar-refractivity contribution in [2.24, 2.45) is 0 Å². The van der Waals surface area contributed by atoms with Crippen LogP contribution in [0.5, 0.6) is 0 Å². The van der Waals surface area contributed by atoms with Gasteiger partial charge in [-0.2, -0.15) is 0 Å². The predicted octanol–water partition coefficient (Wildman–Crippen LogP) is 4.59. The summed E-state index contributed by atoms with van der Waals surface area (Å²) in [5.74, 6) is -0.0976. The van der Waals surface area contributed by atoms with Gasteiger partial charge in [0.1, 0.15) is 0 Å². The van der Waals surface area contributed by atoms with Gasteiger partial charge in [0, 0.05) is 11.4 Å². The Hall–Kier alpha value is -3.34. The Bertz CT molecular complexity index is 945. The first-order chi connectivity index (χ1) is 13.2. The summed E-state index contributed by atoms with van der Waals surface area (Å²) in [5, 5.41) is 5.79. The van der Waals surface area contributed by atoms with E-state index in [2.05, 4.69) is 10.6 Å². The molecule has 0 aliphatic heterocycles. The van der Waals surface area contributed by atoms with Crippen LogP contribution in [0.25, 0.3) is 0 Å². The summed E-state index contributed by atoms with van der Waals surface area (Å²) in [7, 11) is 0. The van der Waals surface area contributed by atoms with E-state index in [1.165, 1.54) is 6.26 Å². The van der Waals surface area contributed by atoms with Crippen LogP contribution in [0.15, 0.2) is 77.4 Å². The van der Waals surface area contributed by atoms with Crippen LogP contribution in [0.2, 0.25) is 0 Å². The van der Waals surface area contributed by atoms with Crippen molar-refractivity contribution in [3.63, 3.8) is 0 Å². The fourth-order valence-electron chi connectivity index (χ4n) is 3.46. The molecule has 1 fully saturated rings. The molecule has 5 nitrogen and oxygen atoms in total. The molecule has 0 radical (unpaired) electrons. The summed E-state index contributed by atoms with van der Waals surface area (Å²) in [6.07, 6.45) is 4.18. The molecule has 0 spiro atoms. The molecule has 2 aromatic carbocycles. The van der Waals surface area contributed by atoms with Crippen LogP contribution in [-0.4, -0.2) is 11.8 Å². The Labute approximate surface area is 157 Å². The van der Waals surface area contributed by atoms with Crippen molar-refractivity contribution in [2.45, 2.75) is 24.7 Å². The number of furan rings is 1. The largest absolute Gasteiger partial charge is 0.459 e. The standard InChI is InChI=1S/C22H20N2O3/c25-20(19-11-5-14-27-19)23-17-9-4-10-18(15-17)24-21(26)22(12-6-13-22)16-7-2-1-3-8-16/h1-5,7-11,14-15H,6,12-13H2,(H,23,25)(H,24,26). The summed E-state index contributed by atoms with van der Waals surface area (Å²) in [4.78, 5) is 25.1. The maximum atomic E-state index is 13.0. The number of carbonyl (C=O) groups is 2. The molecule has 1 aliphatic rings. The van der Waals surface area contributed by atoms with E-state index in [0.29, 0.717) is 11.4 Å². The molecule has 0 saturated heterocycles. The maximum absolute atomic E-state index is 13.0. The van der Waals surface area contributed by atoms with Crippen LogP contribution >= 0.6 is 0 Å². The van der Waals surface area contributed by atoms with Crippen LogP contribution in [0.3, 0.4) is 0 Å². The van der Waals surface area contributed by atoms with Crippen LogP contribution in [-0.2, 0) is 10.2 Å². The van der Waals surface area contributed by atoms with E-state index in [1.54, 1.807) is 30.3 Å². The third kappa shape index (κ3) is 3.36. The van der Waals surface area contributed by atoms with Crippen molar-refractivity contribution in [3.8, 4) is 0 Å². The highest BCUT2D eigenvalue weighted by molar-refractivity contribution is 6.03. The molecule has 1 aliphatic carbocycles. The lowest BCUT2D eigenvalue weighted by molar-refractivity contribution is -0.124. The van der Waals surface area contributed by atoms with Crippen molar-refractivity contribution in [1.29, 1.82) is 0 Å². The lowest BCUT2D eigenvalue weighted by Crippen LogP contribution is -2.45. The van der Waals surface area contributed by atoms with Gasteiger partial charge in [-0.25, -0.2) is 0 Å². The number of anilines is 2. The number of amides is 2. The summed E-state index contributed by atoms with van der Waals surface area (Å²) in [5.41, 5.74) is 1.83. The van der Waals surface area contributed by atoms with Gasteiger partial charge in [-0.3, -0.25) is 9.59 Å². The topological polar surface area (TPSA) is 71.3 Å². The summed E-state index contributed by atoms with van der Waals surface area (Å²) in [6, 6.07) is 20.3. The molecule has 27 heavy (non-hydrogen) atoms. The van der Waals surface area contributed by atoms with Crippen molar-refractivity contribution in [3.05, 3.63) is 84.3 Å². The molecule has 4 rings (SSSR count). The molecule has 0 atom stereocenters. The molecule has 2 amide bonds. The van der Waals surface area contributed by atoms with Gasteiger partial charge in [-0.05, 0) is 48.7 Å². The maximum Gasteiger partial charge on any atom is 0.291 e. The van der Waals surface area contributed by atoms with Crippen molar-refractivity contribution >= 4 is 23.2 Å². The zero-order valence-electron chi connectivity index (χ0n) is 14.8. The zero-order chi connectivity index (χ0) is 18.7. The molecule has 5 heteroatoms. The van der Waals surface area contributed by atoms with Crippen LogP contribution in [0.4, 0.5) is 11.4 Å². The van der Waals surface area contributed by atoms with Crippen molar-refractivity contribution in [1.82, 2.24) is 0 Å². The van der Waals surface area contributed by atoms with E-state index in [9.17, 15) is 9.59 Å². The second-order valence-electron chi connectivity index (χ2n) is 6.77. The molecule has 1 saturated carbocycles. The highest BCUT2D eigenvalue weighted by Gasteiger charge is 2.45. The molecule has 1 heterocycles. The first-order valence-electron chi connectivity index (χ1n) is 8.99. The van der Waals surface area contributed by atoms with Gasteiger partial charge in [0.05, 0.1) is 11.7 Å². The van der Waals surface area contributed by atoms with E-state index in [4.69, 9.17) is 4.42 Å². The van der Waals surface area contributed by atoms with Crippen LogP contribution in [0.1, 0.15) is 35.4 Å². The summed E-state index contributed by atoms with van der Waals surface area (Å²) < 4.78 is 5.10. The molecule has 0 unspecified atom stereocenters. The smallest absolute Gasteiger partial charge is 0.291 e. The van der Waals surface area contributed by atoms with Gasteiger partial charge in [0.2, 0.25) is 5.91 Å². The van der Waals surface area contributed by atoms with Gasteiger partial charge in [-0.1, -0.05) is 42.8 Å². The Morgan fingerprint density at radius 3 is 2.22 bits per heavy atom. The number of nitrogens with one attached hydrogen (secondary N) is 2. The van der Waals surface area contributed by atoms with E-state index >= 15 is 0 Å². The number of hydrogen-bond acceptors (Lipinski definition) is 3. The SMILES string of the molecule is O=C(Nc1cccc(NC(=O)C2(c3ccccc3)CCC2)c1)c1ccco1. The van der Waals surface area contributed by atoms with Crippen LogP contribution in [0, 0.1) is 0 Å². The Kier molecular flexibility index (Phi) is 4.50. The molecule has 1 aromatic heterocycles. The predicted molar refractivity (Wildman–Crippen MR) is 104 cm³/mol. The third-order valence-electron chi connectivity index (χ3n) is 5.09. The van der Waals surface area contributed by atoms with Crippen LogP contribution < -0.4 is 10.6 Å². The Morgan fingerprint density at radius 2 is 1.59 bits per heavy atom. The van der Waals surface area contributed by atoms with Gasteiger partial charge < -0.3 is 15.1 Å². The molecule has 3 aromatic rings. The van der Waals surface area contributed by atoms with Crippen molar-refractivity contribution < 1.29 is 14.0 Å². The first-order valence-corrected chi connectivity index (χ1v) is 8.99. The van der Waals surface area contributed by atoms with E-state index in [0.717, 1.165) is 24.8 Å². The van der Waals surface area contributed by atoms with Gasteiger partial charge in [-0.15, -0.1) is 0 Å². The fraction of sp³-hybridized carbons (Fsp3) is 0.182. The average molecular weight is 360 g/mol. The monoisotopic (exact) mass is 360 g/mol. The average Bonchev–Trinajstić information content (AvgIpc) is 3.17. The molecular formula is C22H20N2O3. The Balaban J connectivity index is 1.49.